The van der Waals surface area contributed by atoms with Crippen LogP contribution in [-0.4, -0.2) is 31.1 Å². The Labute approximate surface area is 124 Å². The van der Waals surface area contributed by atoms with Crippen molar-refractivity contribution in [3.63, 3.8) is 0 Å². The Morgan fingerprint density at radius 2 is 2.00 bits per heavy atom. The average Bonchev–Trinajstić information content (AvgIpc) is 2.71. The first-order valence-electron chi connectivity index (χ1n) is 8.39. The van der Waals surface area contributed by atoms with Crippen LogP contribution in [0.4, 0.5) is 5.69 Å². The van der Waals surface area contributed by atoms with Crippen LogP contribution >= 0.6 is 0 Å². The molecule has 0 radical (unpaired) electrons. The molecule has 1 unspecified atom stereocenters. The molecule has 1 aromatic rings. The maximum absolute atomic E-state index is 3.50. The standard InChI is InChI=1S/C18H30N2/c1-2-8-17-9-6-14-20(16-12-17)15-7-13-19-18-10-4-3-5-11-18/h3-5,10-11,17,19H,2,6-9,12-16H2,1H3. The van der Waals surface area contributed by atoms with Gasteiger partial charge in [-0.15, -0.1) is 0 Å². The lowest BCUT2D eigenvalue weighted by Crippen LogP contribution is -2.27. The lowest BCUT2D eigenvalue weighted by molar-refractivity contribution is 0.278. The number of nitrogens with one attached hydrogen (secondary N) is 1. The van der Waals surface area contributed by atoms with Gasteiger partial charge in [0.15, 0.2) is 0 Å². The Hall–Kier alpha value is -1.02. The monoisotopic (exact) mass is 274 g/mol. The topological polar surface area (TPSA) is 15.3 Å². The van der Waals surface area contributed by atoms with E-state index in [1.54, 1.807) is 0 Å². The van der Waals surface area contributed by atoms with Gasteiger partial charge in [-0.2, -0.15) is 0 Å². The Bertz CT molecular complexity index is 350. The minimum Gasteiger partial charge on any atom is -0.385 e. The van der Waals surface area contributed by atoms with E-state index in [1.165, 1.54) is 63.8 Å². The number of benzene rings is 1. The smallest absolute Gasteiger partial charge is 0.0340 e. The fourth-order valence-corrected chi connectivity index (χ4v) is 3.24. The van der Waals surface area contributed by atoms with E-state index in [-0.39, 0.29) is 0 Å². The second-order valence-corrected chi connectivity index (χ2v) is 6.07. The second kappa shape index (κ2) is 9.02. The molecule has 0 bridgehead atoms. The zero-order chi connectivity index (χ0) is 14.0. The highest BCUT2D eigenvalue weighted by Gasteiger charge is 2.15. The molecular weight excluding hydrogens is 244 g/mol. The summed E-state index contributed by atoms with van der Waals surface area (Å²) in [5.74, 6) is 0.993. The molecule has 2 nitrogen and oxygen atoms in total. The molecule has 20 heavy (non-hydrogen) atoms. The van der Waals surface area contributed by atoms with Gasteiger partial charge in [-0.25, -0.2) is 0 Å². The zero-order valence-corrected chi connectivity index (χ0v) is 13.0. The maximum Gasteiger partial charge on any atom is 0.0340 e. The van der Waals surface area contributed by atoms with Crippen molar-refractivity contribution >= 4 is 5.69 Å². The summed E-state index contributed by atoms with van der Waals surface area (Å²) in [7, 11) is 0. The Morgan fingerprint density at radius 1 is 1.15 bits per heavy atom. The van der Waals surface area contributed by atoms with Crippen LogP contribution in [0.1, 0.15) is 45.4 Å². The summed E-state index contributed by atoms with van der Waals surface area (Å²) in [6, 6.07) is 10.5. The molecule has 1 aromatic carbocycles. The minimum absolute atomic E-state index is 0.993. The lowest BCUT2D eigenvalue weighted by atomic mass is 9.96. The molecule has 0 aromatic heterocycles. The van der Waals surface area contributed by atoms with Crippen LogP contribution in [0.3, 0.4) is 0 Å². The molecule has 1 N–H and O–H groups in total. The van der Waals surface area contributed by atoms with Gasteiger partial charge in [0.05, 0.1) is 0 Å². The molecule has 112 valence electrons. The van der Waals surface area contributed by atoms with E-state index in [4.69, 9.17) is 0 Å². The number of rotatable bonds is 7. The van der Waals surface area contributed by atoms with Gasteiger partial charge in [0.25, 0.3) is 0 Å². The number of likely N-dealkylation sites (tertiary alicyclic amines) is 1. The number of para-hydroxylation sites is 1. The molecule has 0 saturated carbocycles. The zero-order valence-electron chi connectivity index (χ0n) is 13.0. The molecule has 2 rings (SSSR count). The van der Waals surface area contributed by atoms with E-state index in [1.807, 2.05) is 0 Å². The lowest BCUT2D eigenvalue weighted by Gasteiger charge is -2.20. The van der Waals surface area contributed by atoms with E-state index in [9.17, 15) is 0 Å². The van der Waals surface area contributed by atoms with Crippen molar-refractivity contribution in [1.29, 1.82) is 0 Å². The van der Waals surface area contributed by atoms with Gasteiger partial charge in [0.2, 0.25) is 0 Å². The molecule has 0 amide bonds. The number of hydrogen-bond donors (Lipinski definition) is 1. The molecule has 1 aliphatic heterocycles. The van der Waals surface area contributed by atoms with Gasteiger partial charge in [0.1, 0.15) is 0 Å². The molecular formula is C18H30N2. The van der Waals surface area contributed by atoms with Crippen molar-refractivity contribution in [3.05, 3.63) is 30.3 Å². The molecule has 1 atom stereocenters. The predicted molar refractivity (Wildman–Crippen MR) is 88.2 cm³/mol. The fraction of sp³-hybridized carbons (Fsp3) is 0.667. The summed E-state index contributed by atoms with van der Waals surface area (Å²) in [5, 5.41) is 3.50. The summed E-state index contributed by atoms with van der Waals surface area (Å²) >= 11 is 0. The summed E-state index contributed by atoms with van der Waals surface area (Å²) in [6.45, 7) is 7.27. The highest BCUT2D eigenvalue weighted by Crippen LogP contribution is 2.21. The molecule has 1 fully saturated rings. The van der Waals surface area contributed by atoms with Crippen molar-refractivity contribution in [2.24, 2.45) is 5.92 Å². The third-order valence-electron chi connectivity index (χ3n) is 4.39. The first-order chi connectivity index (χ1) is 9.88. The first kappa shape index (κ1) is 15.4. The quantitative estimate of drug-likeness (QED) is 0.742. The van der Waals surface area contributed by atoms with Crippen LogP contribution in [-0.2, 0) is 0 Å². The van der Waals surface area contributed by atoms with Crippen LogP contribution in [0.25, 0.3) is 0 Å². The molecule has 0 spiro atoms. The van der Waals surface area contributed by atoms with Crippen LogP contribution in [0, 0.1) is 5.92 Å². The highest BCUT2D eigenvalue weighted by molar-refractivity contribution is 5.42. The van der Waals surface area contributed by atoms with E-state index in [2.05, 4.69) is 47.5 Å². The van der Waals surface area contributed by atoms with Crippen LogP contribution < -0.4 is 5.32 Å². The van der Waals surface area contributed by atoms with Gasteiger partial charge in [-0.05, 0) is 63.4 Å². The summed E-state index contributed by atoms with van der Waals surface area (Å²) in [6.07, 6.45) is 8.30. The Kier molecular flexibility index (Phi) is 6.93. The number of hydrogen-bond acceptors (Lipinski definition) is 2. The van der Waals surface area contributed by atoms with Gasteiger partial charge < -0.3 is 10.2 Å². The molecule has 1 heterocycles. The van der Waals surface area contributed by atoms with E-state index < -0.39 is 0 Å². The maximum atomic E-state index is 3.50. The Balaban J connectivity index is 1.60. The van der Waals surface area contributed by atoms with Gasteiger partial charge in [-0.3, -0.25) is 0 Å². The van der Waals surface area contributed by atoms with Crippen molar-refractivity contribution in [2.75, 3.05) is 31.5 Å². The second-order valence-electron chi connectivity index (χ2n) is 6.07. The Morgan fingerprint density at radius 3 is 2.80 bits per heavy atom. The molecule has 1 saturated heterocycles. The SMILES string of the molecule is CCCC1CCCN(CCCNc2ccccc2)CC1. The van der Waals surface area contributed by atoms with Crippen LogP contribution in [0.15, 0.2) is 30.3 Å². The van der Waals surface area contributed by atoms with Crippen molar-refractivity contribution < 1.29 is 0 Å². The largest absolute Gasteiger partial charge is 0.385 e. The normalized spacial score (nSPS) is 20.6. The summed E-state index contributed by atoms with van der Waals surface area (Å²) < 4.78 is 0. The van der Waals surface area contributed by atoms with Crippen LogP contribution in [0.2, 0.25) is 0 Å². The number of nitrogens with zero attached hydrogens (tertiary/aromatic N) is 1. The highest BCUT2D eigenvalue weighted by atomic mass is 15.1. The van der Waals surface area contributed by atoms with Gasteiger partial charge in [-0.1, -0.05) is 38.0 Å². The predicted octanol–water partition coefficient (Wildman–Crippen LogP) is 4.39. The summed E-state index contributed by atoms with van der Waals surface area (Å²) in [5.41, 5.74) is 1.24. The van der Waals surface area contributed by atoms with Crippen molar-refractivity contribution in [3.8, 4) is 0 Å². The average molecular weight is 274 g/mol. The molecule has 2 heteroatoms. The van der Waals surface area contributed by atoms with E-state index >= 15 is 0 Å². The minimum atomic E-state index is 0.993. The van der Waals surface area contributed by atoms with Gasteiger partial charge in [0, 0.05) is 12.2 Å². The molecule has 0 aliphatic carbocycles. The third kappa shape index (κ3) is 5.54. The first-order valence-corrected chi connectivity index (χ1v) is 8.39. The van der Waals surface area contributed by atoms with Gasteiger partial charge >= 0.3 is 0 Å². The fourth-order valence-electron chi connectivity index (χ4n) is 3.24. The molecule has 1 aliphatic rings. The number of anilines is 1. The van der Waals surface area contributed by atoms with E-state index in [0.29, 0.717) is 0 Å². The third-order valence-corrected chi connectivity index (χ3v) is 4.39. The van der Waals surface area contributed by atoms with Crippen molar-refractivity contribution in [2.45, 2.75) is 45.4 Å². The summed E-state index contributed by atoms with van der Waals surface area (Å²) in [4.78, 5) is 2.67. The van der Waals surface area contributed by atoms with Crippen molar-refractivity contribution in [1.82, 2.24) is 4.90 Å². The van der Waals surface area contributed by atoms with Crippen LogP contribution in [0.5, 0.6) is 0 Å². The van der Waals surface area contributed by atoms with E-state index in [0.717, 1.165) is 12.5 Å².